The lowest BCUT2D eigenvalue weighted by atomic mass is 10.1. The number of hydrogen-bond donors (Lipinski definition) is 1. The van der Waals surface area contributed by atoms with Gasteiger partial charge in [0.1, 0.15) is 0 Å². The van der Waals surface area contributed by atoms with Crippen molar-refractivity contribution in [3.8, 4) is 0 Å². The van der Waals surface area contributed by atoms with Gasteiger partial charge in [-0.05, 0) is 11.6 Å². The molecule has 0 radical (unpaired) electrons. The average Bonchev–Trinajstić information content (AvgIpc) is 2.52. The van der Waals surface area contributed by atoms with Crippen LogP contribution in [0.4, 0.5) is 0 Å². The number of aromatic nitrogens is 4. The molecule has 0 amide bonds. The van der Waals surface area contributed by atoms with E-state index in [9.17, 15) is 0 Å². The third-order valence-electron chi connectivity index (χ3n) is 2.17. The second-order valence-corrected chi connectivity index (χ2v) is 3.66. The first-order valence-electron chi connectivity index (χ1n) is 5.20. The second kappa shape index (κ2) is 5.70. The number of hydrogen-bond acceptors (Lipinski definition) is 4. The third kappa shape index (κ3) is 3.83. The topological polar surface area (TPSA) is 69.6 Å². The standard InChI is InChI=1S/C9H19N5/c1-3-4-5-6-8(10)7-9-11-13-14(2)12-9/h8H,3-7,10H2,1-2H3. The Bertz CT molecular complexity index is 257. The van der Waals surface area contributed by atoms with Crippen molar-refractivity contribution in [3.63, 3.8) is 0 Å². The largest absolute Gasteiger partial charge is 0.327 e. The molecule has 5 nitrogen and oxygen atoms in total. The van der Waals surface area contributed by atoms with Crippen LogP contribution in [0.1, 0.15) is 38.4 Å². The Hall–Kier alpha value is -0.970. The number of aryl methyl sites for hydroxylation is 1. The minimum absolute atomic E-state index is 0.172. The molecule has 14 heavy (non-hydrogen) atoms. The molecule has 0 fully saturated rings. The number of nitrogens with two attached hydrogens (primary N) is 1. The van der Waals surface area contributed by atoms with Gasteiger partial charge >= 0.3 is 0 Å². The van der Waals surface area contributed by atoms with Crippen LogP contribution >= 0.6 is 0 Å². The van der Waals surface area contributed by atoms with Crippen LogP contribution in [-0.2, 0) is 13.5 Å². The Kier molecular flexibility index (Phi) is 4.52. The lowest BCUT2D eigenvalue weighted by Gasteiger charge is -2.07. The predicted molar refractivity (Wildman–Crippen MR) is 54.6 cm³/mol. The van der Waals surface area contributed by atoms with Crippen LogP contribution in [0.3, 0.4) is 0 Å². The fraction of sp³-hybridized carbons (Fsp3) is 0.889. The van der Waals surface area contributed by atoms with Crippen LogP contribution in [-0.4, -0.2) is 26.2 Å². The molecule has 0 saturated carbocycles. The van der Waals surface area contributed by atoms with Crippen molar-refractivity contribution in [2.75, 3.05) is 0 Å². The second-order valence-electron chi connectivity index (χ2n) is 3.66. The predicted octanol–water partition coefficient (Wildman–Crippen LogP) is 0.660. The summed E-state index contributed by atoms with van der Waals surface area (Å²) in [5, 5.41) is 11.8. The maximum atomic E-state index is 5.94. The fourth-order valence-corrected chi connectivity index (χ4v) is 1.40. The normalized spacial score (nSPS) is 13.1. The van der Waals surface area contributed by atoms with Gasteiger partial charge in [-0.1, -0.05) is 26.2 Å². The first-order chi connectivity index (χ1) is 6.72. The maximum absolute atomic E-state index is 5.94. The van der Waals surface area contributed by atoms with Crippen molar-refractivity contribution in [2.24, 2.45) is 12.8 Å². The number of rotatable bonds is 6. The van der Waals surface area contributed by atoms with Gasteiger partial charge in [0.05, 0.1) is 7.05 Å². The highest BCUT2D eigenvalue weighted by Gasteiger charge is 2.07. The van der Waals surface area contributed by atoms with Crippen LogP contribution in [0.15, 0.2) is 0 Å². The van der Waals surface area contributed by atoms with Gasteiger partial charge in [0.2, 0.25) is 0 Å². The van der Waals surface area contributed by atoms with E-state index in [1.54, 1.807) is 7.05 Å². The van der Waals surface area contributed by atoms with Crippen LogP contribution in [0.25, 0.3) is 0 Å². The van der Waals surface area contributed by atoms with E-state index >= 15 is 0 Å². The van der Waals surface area contributed by atoms with Crippen molar-refractivity contribution in [3.05, 3.63) is 5.82 Å². The quantitative estimate of drug-likeness (QED) is 0.680. The Balaban J connectivity index is 2.23. The Morgan fingerprint density at radius 1 is 1.43 bits per heavy atom. The number of tetrazole rings is 1. The van der Waals surface area contributed by atoms with Gasteiger partial charge in [0, 0.05) is 12.5 Å². The summed E-state index contributed by atoms with van der Waals surface area (Å²) in [6.45, 7) is 2.19. The molecule has 80 valence electrons. The summed E-state index contributed by atoms with van der Waals surface area (Å²) >= 11 is 0. The van der Waals surface area contributed by atoms with Crippen molar-refractivity contribution < 1.29 is 0 Å². The zero-order valence-electron chi connectivity index (χ0n) is 8.98. The fourth-order valence-electron chi connectivity index (χ4n) is 1.40. The molecule has 1 atom stereocenters. The van der Waals surface area contributed by atoms with E-state index in [1.165, 1.54) is 24.1 Å². The van der Waals surface area contributed by atoms with Crippen LogP contribution in [0.5, 0.6) is 0 Å². The van der Waals surface area contributed by atoms with Gasteiger partial charge in [0.25, 0.3) is 0 Å². The van der Waals surface area contributed by atoms with Crippen molar-refractivity contribution in [1.82, 2.24) is 20.2 Å². The summed E-state index contributed by atoms with van der Waals surface area (Å²) in [4.78, 5) is 1.47. The Labute approximate surface area is 84.7 Å². The molecule has 0 aromatic carbocycles. The minimum Gasteiger partial charge on any atom is -0.327 e. The van der Waals surface area contributed by atoms with Gasteiger partial charge in [-0.15, -0.1) is 10.2 Å². The molecule has 5 heteroatoms. The molecule has 0 spiro atoms. The summed E-state index contributed by atoms with van der Waals surface area (Å²) in [6, 6.07) is 0.172. The Morgan fingerprint density at radius 3 is 2.79 bits per heavy atom. The number of unbranched alkanes of at least 4 members (excludes halogenated alkanes) is 2. The van der Waals surface area contributed by atoms with Gasteiger partial charge < -0.3 is 5.73 Å². The van der Waals surface area contributed by atoms with Crippen molar-refractivity contribution in [2.45, 2.75) is 45.1 Å². The molecule has 0 bridgehead atoms. The summed E-state index contributed by atoms with van der Waals surface area (Å²) in [5.74, 6) is 0.747. The maximum Gasteiger partial charge on any atom is 0.176 e. The number of nitrogens with zero attached hydrogens (tertiary/aromatic N) is 4. The molecular weight excluding hydrogens is 178 g/mol. The highest BCUT2D eigenvalue weighted by Crippen LogP contribution is 2.04. The molecule has 1 rings (SSSR count). The van der Waals surface area contributed by atoms with Crippen LogP contribution in [0, 0.1) is 0 Å². The Morgan fingerprint density at radius 2 is 2.21 bits per heavy atom. The molecule has 0 aliphatic heterocycles. The minimum atomic E-state index is 0.172. The zero-order valence-corrected chi connectivity index (χ0v) is 8.98. The van der Waals surface area contributed by atoms with Crippen molar-refractivity contribution in [1.29, 1.82) is 0 Å². The van der Waals surface area contributed by atoms with E-state index < -0.39 is 0 Å². The van der Waals surface area contributed by atoms with E-state index in [0.29, 0.717) is 0 Å². The van der Waals surface area contributed by atoms with E-state index in [2.05, 4.69) is 22.3 Å². The van der Waals surface area contributed by atoms with E-state index in [1.807, 2.05) is 0 Å². The van der Waals surface area contributed by atoms with E-state index in [4.69, 9.17) is 5.73 Å². The summed E-state index contributed by atoms with van der Waals surface area (Å²) < 4.78 is 0. The van der Waals surface area contributed by atoms with E-state index in [-0.39, 0.29) is 6.04 Å². The summed E-state index contributed by atoms with van der Waals surface area (Å²) in [7, 11) is 1.76. The van der Waals surface area contributed by atoms with Crippen LogP contribution < -0.4 is 5.73 Å². The van der Waals surface area contributed by atoms with E-state index in [0.717, 1.165) is 18.7 Å². The molecule has 2 N–H and O–H groups in total. The summed E-state index contributed by atoms with van der Waals surface area (Å²) in [5.41, 5.74) is 5.94. The van der Waals surface area contributed by atoms with Gasteiger partial charge in [-0.25, -0.2) is 0 Å². The molecule has 1 unspecified atom stereocenters. The molecule has 0 aliphatic carbocycles. The third-order valence-corrected chi connectivity index (χ3v) is 2.17. The SMILES string of the molecule is CCCCCC(N)Cc1nnn(C)n1. The van der Waals surface area contributed by atoms with Gasteiger partial charge in [0.15, 0.2) is 5.82 Å². The lowest BCUT2D eigenvalue weighted by molar-refractivity contribution is 0.545. The lowest BCUT2D eigenvalue weighted by Crippen LogP contribution is -2.23. The summed E-state index contributed by atoms with van der Waals surface area (Å²) in [6.07, 6.45) is 5.46. The molecule has 0 aliphatic rings. The average molecular weight is 197 g/mol. The van der Waals surface area contributed by atoms with Gasteiger partial charge in [-0.3, -0.25) is 0 Å². The smallest absolute Gasteiger partial charge is 0.176 e. The van der Waals surface area contributed by atoms with Gasteiger partial charge in [-0.2, -0.15) is 4.80 Å². The molecule has 1 aromatic heterocycles. The highest BCUT2D eigenvalue weighted by atomic mass is 15.6. The molecule has 1 aromatic rings. The van der Waals surface area contributed by atoms with Crippen LogP contribution in [0.2, 0.25) is 0 Å². The zero-order chi connectivity index (χ0) is 10.4. The molecular formula is C9H19N5. The first kappa shape index (κ1) is 11.1. The molecule has 1 heterocycles. The molecule has 0 saturated heterocycles. The highest BCUT2D eigenvalue weighted by molar-refractivity contribution is 4.82. The first-order valence-corrected chi connectivity index (χ1v) is 5.20. The monoisotopic (exact) mass is 197 g/mol. The van der Waals surface area contributed by atoms with Crippen molar-refractivity contribution >= 4 is 0 Å².